The van der Waals surface area contributed by atoms with Crippen molar-refractivity contribution in [3.63, 3.8) is 0 Å². The van der Waals surface area contributed by atoms with Crippen LogP contribution in [0.3, 0.4) is 0 Å². The molecule has 0 spiro atoms. The van der Waals surface area contributed by atoms with E-state index in [1.54, 1.807) is 0 Å². The van der Waals surface area contributed by atoms with Crippen LogP contribution in [0.5, 0.6) is 0 Å². The molecule has 2 aromatic carbocycles. The highest BCUT2D eigenvalue weighted by Crippen LogP contribution is 2.42. The number of anilines is 1. The van der Waals surface area contributed by atoms with Gasteiger partial charge < -0.3 is 5.01 Å². The summed E-state index contributed by atoms with van der Waals surface area (Å²) in [6.07, 6.45) is 5.36. The van der Waals surface area contributed by atoms with E-state index >= 15 is 0 Å². The molecule has 2 aromatic rings. The normalized spacial score (nSPS) is 24.4. The van der Waals surface area contributed by atoms with Crippen molar-refractivity contribution >= 4 is 5.69 Å². The summed E-state index contributed by atoms with van der Waals surface area (Å²) in [4.78, 5) is 0. The SMILES string of the molecule is CC(C)(C)N1C2CCC(CC2)N1c1ccc(-c2ccccc2)cc1. The number of benzene rings is 2. The van der Waals surface area contributed by atoms with Gasteiger partial charge in [-0.15, -0.1) is 0 Å². The maximum atomic E-state index is 2.65. The van der Waals surface area contributed by atoms with Crippen LogP contribution >= 0.6 is 0 Å². The fourth-order valence-corrected chi connectivity index (χ4v) is 4.54. The topological polar surface area (TPSA) is 6.48 Å². The van der Waals surface area contributed by atoms with Gasteiger partial charge in [0.25, 0.3) is 0 Å². The predicted molar refractivity (Wildman–Crippen MR) is 102 cm³/mol. The summed E-state index contributed by atoms with van der Waals surface area (Å²) >= 11 is 0. The van der Waals surface area contributed by atoms with Crippen LogP contribution in [-0.4, -0.2) is 22.6 Å². The van der Waals surface area contributed by atoms with Crippen molar-refractivity contribution < 1.29 is 0 Å². The van der Waals surface area contributed by atoms with Gasteiger partial charge in [-0.3, -0.25) is 0 Å². The van der Waals surface area contributed by atoms with Gasteiger partial charge in [0.1, 0.15) is 0 Å². The summed E-state index contributed by atoms with van der Waals surface area (Å²) in [5.41, 5.74) is 4.10. The molecule has 24 heavy (non-hydrogen) atoms. The van der Waals surface area contributed by atoms with Crippen LogP contribution in [0.25, 0.3) is 11.1 Å². The van der Waals surface area contributed by atoms with Crippen LogP contribution in [0.1, 0.15) is 46.5 Å². The Morgan fingerprint density at radius 2 is 1.25 bits per heavy atom. The third-order valence-electron chi connectivity index (χ3n) is 5.52. The van der Waals surface area contributed by atoms with Crippen molar-refractivity contribution in [1.29, 1.82) is 0 Å². The standard InChI is InChI=1S/C22H28N2/c1-22(2,3)24-21-15-13-20(14-16-21)23(24)19-11-9-18(10-12-19)17-7-5-4-6-8-17/h4-12,20-21H,13-16H2,1-3H3. The van der Waals surface area contributed by atoms with Gasteiger partial charge in [0, 0.05) is 17.6 Å². The minimum atomic E-state index is 0.169. The van der Waals surface area contributed by atoms with Gasteiger partial charge in [0.05, 0.1) is 5.69 Å². The second-order valence-electron chi connectivity index (χ2n) is 8.24. The monoisotopic (exact) mass is 320 g/mol. The number of rotatable bonds is 2. The molecule has 0 radical (unpaired) electrons. The Morgan fingerprint density at radius 3 is 1.83 bits per heavy atom. The van der Waals surface area contributed by atoms with Crippen LogP contribution in [0.4, 0.5) is 5.69 Å². The molecular weight excluding hydrogens is 292 g/mol. The zero-order valence-corrected chi connectivity index (χ0v) is 15.1. The molecule has 3 aliphatic rings. The van der Waals surface area contributed by atoms with Crippen molar-refractivity contribution in [2.75, 3.05) is 5.01 Å². The van der Waals surface area contributed by atoms with E-state index in [1.165, 1.54) is 42.5 Å². The Hall–Kier alpha value is -1.80. The van der Waals surface area contributed by atoms with Crippen LogP contribution < -0.4 is 5.01 Å². The van der Waals surface area contributed by atoms with E-state index in [1.807, 2.05) is 0 Å². The molecule has 1 aliphatic carbocycles. The van der Waals surface area contributed by atoms with Gasteiger partial charge in [-0.05, 0) is 69.7 Å². The predicted octanol–water partition coefficient (Wildman–Crippen LogP) is 5.50. The molecular formula is C22H28N2. The van der Waals surface area contributed by atoms with E-state index < -0.39 is 0 Å². The Kier molecular flexibility index (Phi) is 3.88. The van der Waals surface area contributed by atoms with Crippen molar-refractivity contribution in [3.8, 4) is 11.1 Å². The molecule has 3 fully saturated rings. The van der Waals surface area contributed by atoms with E-state index in [-0.39, 0.29) is 5.54 Å². The van der Waals surface area contributed by atoms with Crippen molar-refractivity contribution in [1.82, 2.24) is 5.01 Å². The lowest BCUT2D eigenvalue weighted by molar-refractivity contribution is -0.0143. The van der Waals surface area contributed by atoms with E-state index in [9.17, 15) is 0 Å². The molecule has 2 heteroatoms. The lowest BCUT2D eigenvalue weighted by Gasteiger charge is -2.59. The molecule has 0 unspecified atom stereocenters. The molecule has 2 bridgehead atoms. The fraction of sp³-hybridized carbons (Fsp3) is 0.455. The number of hydrogen-bond acceptors (Lipinski definition) is 2. The van der Waals surface area contributed by atoms with Gasteiger partial charge in [0.15, 0.2) is 0 Å². The van der Waals surface area contributed by atoms with Gasteiger partial charge >= 0.3 is 0 Å². The fourth-order valence-electron chi connectivity index (χ4n) is 4.54. The molecule has 5 rings (SSSR count). The van der Waals surface area contributed by atoms with Crippen molar-refractivity contribution in [3.05, 3.63) is 54.6 Å². The summed E-state index contributed by atoms with van der Waals surface area (Å²) in [6.45, 7) is 7.04. The Labute approximate surface area is 146 Å². The van der Waals surface area contributed by atoms with Crippen molar-refractivity contribution in [2.24, 2.45) is 0 Å². The highest BCUT2D eigenvalue weighted by Gasteiger charge is 2.44. The first-order valence-electron chi connectivity index (χ1n) is 9.28. The number of nitrogens with zero attached hydrogens (tertiary/aromatic N) is 2. The van der Waals surface area contributed by atoms with Crippen molar-refractivity contribution in [2.45, 2.75) is 64.1 Å². The molecule has 0 atom stereocenters. The molecule has 126 valence electrons. The zero-order chi connectivity index (χ0) is 16.7. The first-order valence-corrected chi connectivity index (χ1v) is 9.28. The summed E-state index contributed by atoms with van der Waals surface area (Å²) in [5, 5.41) is 5.26. The lowest BCUT2D eigenvalue weighted by atomic mass is 9.84. The van der Waals surface area contributed by atoms with Gasteiger partial charge in [-0.2, -0.15) is 0 Å². The first-order chi connectivity index (χ1) is 11.5. The third kappa shape index (κ3) is 2.73. The second-order valence-corrected chi connectivity index (χ2v) is 8.24. The Morgan fingerprint density at radius 1 is 0.708 bits per heavy atom. The van der Waals surface area contributed by atoms with Gasteiger partial charge in [-0.1, -0.05) is 42.5 Å². The molecule has 0 aromatic heterocycles. The third-order valence-corrected chi connectivity index (χ3v) is 5.52. The number of hydrazine groups is 1. The molecule has 1 saturated carbocycles. The summed E-state index contributed by atoms with van der Waals surface area (Å²) in [6, 6.07) is 21.2. The summed E-state index contributed by atoms with van der Waals surface area (Å²) in [7, 11) is 0. The molecule has 0 N–H and O–H groups in total. The minimum Gasteiger partial charge on any atom is -0.302 e. The zero-order valence-electron chi connectivity index (χ0n) is 15.1. The number of fused-ring (bicyclic) bond motifs is 3. The van der Waals surface area contributed by atoms with Crippen LogP contribution in [0.2, 0.25) is 0 Å². The van der Waals surface area contributed by atoms with Crippen LogP contribution in [0, 0.1) is 0 Å². The molecule has 2 saturated heterocycles. The van der Waals surface area contributed by atoms with Gasteiger partial charge in [-0.25, -0.2) is 5.01 Å². The van der Waals surface area contributed by atoms with Gasteiger partial charge in [0.2, 0.25) is 0 Å². The Bertz CT molecular complexity index is 676. The van der Waals surface area contributed by atoms with E-state index in [2.05, 4.69) is 85.4 Å². The van der Waals surface area contributed by atoms with Crippen LogP contribution in [-0.2, 0) is 0 Å². The smallest absolute Gasteiger partial charge is 0.0526 e. The molecule has 2 heterocycles. The largest absolute Gasteiger partial charge is 0.302 e. The highest BCUT2D eigenvalue weighted by atomic mass is 15.7. The Balaban J connectivity index is 1.67. The van der Waals surface area contributed by atoms with E-state index in [0.717, 1.165) is 0 Å². The summed E-state index contributed by atoms with van der Waals surface area (Å²) in [5.74, 6) is 0. The maximum absolute atomic E-state index is 2.65. The molecule has 0 amide bonds. The maximum Gasteiger partial charge on any atom is 0.0526 e. The average molecular weight is 320 g/mol. The average Bonchev–Trinajstić information content (AvgIpc) is 2.62. The second kappa shape index (κ2) is 5.93. The molecule has 2 nitrogen and oxygen atoms in total. The molecule has 2 aliphatic heterocycles. The first kappa shape index (κ1) is 15.7. The summed E-state index contributed by atoms with van der Waals surface area (Å²) < 4.78 is 0. The highest BCUT2D eigenvalue weighted by molar-refractivity contribution is 5.66. The minimum absolute atomic E-state index is 0.169. The quantitative estimate of drug-likeness (QED) is 0.721. The number of hydrogen-bond donors (Lipinski definition) is 0. The van der Waals surface area contributed by atoms with E-state index in [4.69, 9.17) is 0 Å². The van der Waals surface area contributed by atoms with E-state index in [0.29, 0.717) is 12.1 Å². The van der Waals surface area contributed by atoms with Crippen LogP contribution in [0.15, 0.2) is 54.6 Å². The lowest BCUT2D eigenvalue weighted by Crippen LogP contribution is -2.67.